The van der Waals surface area contributed by atoms with Crippen molar-refractivity contribution in [1.29, 1.82) is 0 Å². The van der Waals surface area contributed by atoms with Crippen LogP contribution in [0.3, 0.4) is 0 Å². The Morgan fingerprint density at radius 1 is 1.43 bits per heavy atom. The van der Waals surface area contributed by atoms with Gasteiger partial charge >= 0.3 is 0 Å². The van der Waals surface area contributed by atoms with Crippen molar-refractivity contribution in [3.8, 4) is 0 Å². The summed E-state index contributed by atoms with van der Waals surface area (Å²) in [7, 11) is 0. The van der Waals surface area contributed by atoms with Crippen molar-refractivity contribution in [3.05, 3.63) is 36.9 Å². The fraction of sp³-hybridized carbons (Fsp3) is 0.333. The van der Waals surface area contributed by atoms with Gasteiger partial charge in [0.2, 0.25) is 0 Å². The van der Waals surface area contributed by atoms with Crippen molar-refractivity contribution in [1.82, 2.24) is 0 Å². The molecule has 14 heavy (non-hydrogen) atoms. The van der Waals surface area contributed by atoms with Crippen LogP contribution >= 0.6 is 0 Å². The van der Waals surface area contributed by atoms with E-state index in [1.54, 1.807) is 0 Å². The summed E-state index contributed by atoms with van der Waals surface area (Å²) in [5, 5.41) is 6.93. The Labute approximate surface area is 85.0 Å². The number of anilines is 2. The summed E-state index contributed by atoms with van der Waals surface area (Å²) in [5.74, 6) is 0.482. The molecule has 2 unspecified atom stereocenters. The third-order valence-corrected chi connectivity index (χ3v) is 2.79. The molecule has 0 saturated carbocycles. The summed E-state index contributed by atoms with van der Waals surface area (Å²) in [6, 6.07) is 8.74. The van der Waals surface area contributed by atoms with E-state index in [0.717, 1.165) is 6.54 Å². The van der Waals surface area contributed by atoms with Crippen molar-refractivity contribution in [2.45, 2.75) is 13.0 Å². The topological polar surface area (TPSA) is 24.1 Å². The Balaban J connectivity index is 2.17. The number of para-hydroxylation sites is 2. The molecule has 0 spiro atoms. The molecule has 1 heterocycles. The molecule has 0 aliphatic carbocycles. The smallest absolute Gasteiger partial charge is 0.0578 e. The van der Waals surface area contributed by atoms with Gasteiger partial charge < -0.3 is 10.6 Å². The summed E-state index contributed by atoms with van der Waals surface area (Å²) in [6.45, 7) is 6.97. The lowest BCUT2D eigenvalue weighted by Gasteiger charge is -2.31. The van der Waals surface area contributed by atoms with E-state index in [0.29, 0.717) is 12.0 Å². The van der Waals surface area contributed by atoms with Crippen molar-refractivity contribution in [2.24, 2.45) is 5.92 Å². The molecule has 0 amide bonds. The average Bonchev–Trinajstić information content (AvgIpc) is 2.27. The van der Waals surface area contributed by atoms with Gasteiger partial charge in [0.05, 0.1) is 11.4 Å². The predicted octanol–water partition coefficient (Wildman–Crippen LogP) is 2.71. The van der Waals surface area contributed by atoms with E-state index < -0.39 is 0 Å². The van der Waals surface area contributed by atoms with Gasteiger partial charge in [-0.25, -0.2) is 0 Å². The highest BCUT2D eigenvalue weighted by molar-refractivity contribution is 5.71. The van der Waals surface area contributed by atoms with E-state index >= 15 is 0 Å². The Morgan fingerprint density at radius 3 is 2.86 bits per heavy atom. The SMILES string of the molecule is C=CC(C)C1CNc2ccccc2N1. The maximum absolute atomic E-state index is 3.82. The minimum atomic E-state index is 0.447. The van der Waals surface area contributed by atoms with Crippen molar-refractivity contribution in [2.75, 3.05) is 17.2 Å². The van der Waals surface area contributed by atoms with E-state index in [-0.39, 0.29) is 0 Å². The first kappa shape index (κ1) is 9.13. The molecule has 0 bridgehead atoms. The zero-order chi connectivity index (χ0) is 9.97. The van der Waals surface area contributed by atoms with E-state index in [9.17, 15) is 0 Å². The van der Waals surface area contributed by atoms with Crippen molar-refractivity contribution in [3.63, 3.8) is 0 Å². The third-order valence-electron chi connectivity index (χ3n) is 2.79. The Bertz CT molecular complexity index is 333. The molecule has 0 radical (unpaired) electrons. The fourth-order valence-electron chi connectivity index (χ4n) is 1.72. The summed E-state index contributed by atoms with van der Waals surface area (Å²) in [6.07, 6.45) is 1.99. The van der Waals surface area contributed by atoms with Crippen molar-refractivity contribution >= 4 is 11.4 Å². The molecule has 1 aromatic rings. The second-order valence-corrected chi connectivity index (χ2v) is 3.77. The number of nitrogens with one attached hydrogen (secondary N) is 2. The lowest BCUT2D eigenvalue weighted by Crippen LogP contribution is -2.37. The summed E-state index contributed by atoms with van der Waals surface area (Å²) >= 11 is 0. The average molecular weight is 188 g/mol. The Kier molecular flexibility index (Phi) is 2.44. The molecule has 0 fully saturated rings. The number of fused-ring (bicyclic) bond motifs is 1. The maximum Gasteiger partial charge on any atom is 0.0578 e. The van der Waals surface area contributed by atoms with E-state index in [1.807, 2.05) is 12.1 Å². The van der Waals surface area contributed by atoms with Crippen LogP contribution in [0.4, 0.5) is 11.4 Å². The van der Waals surface area contributed by atoms with Crippen LogP contribution in [0, 0.1) is 5.92 Å². The number of hydrogen-bond donors (Lipinski definition) is 2. The van der Waals surface area contributed by atoms with Crippen LogP contribution in [-0.4, -0.2) is 12.6 Å². The van der Waals surface area contributed by atoms with Gasteiger partial charge in [-0.1, -0.05) is 25.1 Å². The molecule has 74 valence electrons. The van der Waals surface area contributed by atoms with Gasteiger partial charge in [-0.3, -0.25) is 0 Å². The normalized spacial score (nSPS) is 21.4. The van der Waals surface area contributed by atoms with Gasteiger partial charge in [-0.2, -0.15) is 0 Å². The molecule has 1 aliphatic rings. The summed E-state index contributed by atoms with van der Waals surface area (Å²) in [5.41, 5.74) is 2.39. The zero-order valence-electron chi connectivity index (χ0n) is 8.46. The largest absolute Gasteiger partial charge is 0.381 e. The Hall–Kier alpha value is -1.44. The first-order valence-corrected chi connectivity index (χ1v) is 5.03. The van der Waals surface area contributed by atoms with E-state index in [1.165, 1.54) is 11.4 Å². The molecule has 1 aliphatic heterocycles. The third kappa shape index (κ3) is 1.60. The number of rotatable bonds is 2. The zero-order valence-corrected chi connectivity index (χ0v) is 8.46. The maximum atomic E-state index is 3.82. The van der Waals surface area contributed by atoms with Crippen LogP contribution in [0.2, 0.25) is 0 Å². The molecule has 2 N–H and O–H groups in total. The Morgan fingerprint density at radius 2 is 2.14 bits per heavy atom. The molecule has 1 aromatic carbocycles. The standard InChI is InChI=1S/C12H16N2/c1-3-9(2)12-8-13-10-6-4-5-7-11(10)14-12/h3-7,9,12-14H,1,8H2,2H3. The molecule has 0 aromatic heterocycles. The van der Waals surface area contributed by atoms with Crippen LogP contribution in [0.5, 0.6) is 0 Å². The second-order valence-electron chi connectivity index (χ2n) is 3.77. The number of hydrogen-bond acceptors (Lipinski definition) is 2. The molecule has 2 nitrogen and oxygen atoms in total. The highest BCUT2D eigenvalue weighted by Gasteiger charge is 2.19. The molecular formula is C12H16N2. The lowest BCUT2D eigenvalue weighted by molar-refractivity contribution is 0.589. The van der Waals surface area contributed by atoms with Crippen molar-refractivity contribution < 1.29 is 0 Å². The monoisotopic (exact) mass is 188 g/mol. The van der Waals surface area contributed by atoms with Crippen LogP contribution in [-0.2, 0) is 0 Å². The lowest BCUT2D eigenvalue weighted by atomic mass is 9.99. The fourth-order valence-corrected chi connectivity index (χ4v) is 1.72. The van der Waals surface area contributed by atoms with Gasteiger partial charge in [0.15, 0.2) is 0 Å². The van der Waals surface area contributed by atoms with Gasteiger partial charge in [0.1, 0.15) is 0 Å². The van der Waals surface area contributed by atoms with Crippen LogP contribution in [0.25, 0.3) is 0 Å². The first-order chi connectivity index (χ1) is 6.81. The van der Waals surface area contributed by atoms with Gasteiger partial charge in [0.25, 0.3) is 0 Å². The number of benzene rings is 1. The minimum Gasteiger partial charge on any atom is -0.381 e. The molecular weight excluding hydrogens is 172 g/mol. The van der Waals surface area contributed by atoms with Gasteiger partial charge in [-0.05, 0) is 18.1 Å². The predicted molar refractivity (Wildman–Crippen MR) is 61.7 cm³/mol. The van der Waals surface area contributed by atoms with Crippen LogP contribution in [0.1, 0.15) is 6.92 Å². The van der Waals surface area contributed by atoms with E-state index in [2.05, 4.69) is 42.3 Å². The van der Waals surface area contributed by atoms with Crippen LogP contribution < -0.4 is 10.6 Å². The molecule has 2 heteroatoms. The second kappa shape index (κ2) is 3.74. The first-order valence-electron chi connectivity index (χ1n) is 5.03. The summed E-state index contributed by atoms with van der Waals surface area (Å²) < 4.78 is 0. The molecule has 2 rings (SSSR count). The molecule has 0 saturated heterocycles. The summed E-state index contributed by atoms with van der Waals surface area (Å²) in [4.78, 5) is 0. The highest BCUT2D eigenvalue weighted by Crippen LogP contribution is 2.27. The minimum absolute atomic E-state index is 0.447. The van der Waals surface area contributed by atoms with E-state index in [4.69, 9.17) is 0 Å². The quantitative estimate of drug-likeness (QED) is 0.697. The van der Waals surface area contributed by atoms with Crippen LogP contribution in [0.15, 0.2) is 36.9 Å². The van der Waals surface area contributed by atoms with Gasteiger partial charge in [0, 0.05) is 12.6 Å². The highest BCUT2D eigenvalue weighted by atomic mass is 15.1. The van der Waals surface area contributed by atoms with Gasteiger partial charge in [-0.15, -0.1) is 6.58 Å². The molecule has 2 atom stereocenters.